The van der Waals surface area contributed by atoms with Gasteiger partial charge in [-0.25, -0.2) is 0 Å². The quantitative estimate of drug-likeness (QED) is 0.765. The number of carbonyl (C=O) groups is 2. The van der Waals surface area contributed by atoms with Crippen molar-refractivity contribution in [2.24, 2.45) is 5.92 Å². The summed E-state index contributed by atoms with van der Waals surface area (Å²) in [5.41, 5.74) is 1.03. The van der Waals surface area contributed by atoms with Crippen molar-refractivity contribution in [1.29, 1.82) is 0 Å². The molecule has 0 fully saturated rings. The van der Waals surface area contributed by atoms with E-state index in [1.54, 1.807) is 19.1 Å². The summed E-state index contributed by atoms with van der Waals surface area (Å²) in [5.74, 6) is -0.436. The molecule has 0 bridgehead atoms. The van der Waals surface area contributed by atoms with E-state index in [0.29, 0.717) is 12.5 Å². The van der Waals surface area contributed by atoms with E-state index in [0.717, 1.165) is 5.56 Å². The number of phenolic OH excluding ortho intramolecular Hbond substituents is 1. The predicted octanol–water partition coefficient (Wildman–Crippen LogP) is 1.59. The molecule has 0 aromatic heterocycles. The number of hydrogen-bond acceptors (Lipinski definition) is 3. The second kappa shape index (κ2) is 6.93. The van der Waals surface area contributed by atoms with Crippen LogP contribution in [-0.4, -0.2) is 29.5 Å². The Morgan fingerprint density at radius 2 is 1.90 bits per heavy atom. The summed E-state index contributed by atoms with van der Waals surface area (Å²) < 4.78 is 0. The predicted molar refractivity (Wildman–Crippen MR) is 77.6 cm³/mol. The molecule has 0 saturated heterocycles. The second-order valence-corrected chi connectivity index (χ2v) is 5.35. The molecule has 5 nitrogen and oxygen atoms in total. The van der Waals surface area contributed by atoms with Crippen LogP contribution in [0.25, 0.3) is 0 Å². The Morgan fingerprint density at radius 1 is 1.25 bits per heavy atom. The van der Waals surface area contributed by atoms with Crippen molar-refractivity contribution in [1.82, 2.24) is 10.6 Å². The summed E-state index contributed by atoms with van der Waals surface area (Å²) in [6.07, 6.45) is 0. The van der Waals surface area contributed by atoms with Crippen molar-refractivity contribution in [2.45, 2.75) is 33.7 Å². The number of amides is 2. The zero-order valence-corrected chi connectivity index (χ0v) is 12.4. The third-order valence-electron chi connectivity index (χ3n) is 2.82. The zero-order chi connectivity index (χ0) is 15.3. The average molecular weight is 278 g/mol. The molecule has 1 unspecified atom stereocenters. The van der Waals surface area contributed by atoms with Crippen LogP contribution in [0, 0.1) is 12.8 Å². The molecule has 0 heterocycles. The smallest absolute Gasteiger partial charge is 0.255 e. The third-order valence-corrected chi connectivity index (χ3v) is 2.82. The van der Waals surface area contributed by atoms with Crippen LogP contribution < -0.4 is 10.6 Å². The van der Waals surface area contributed by atoms with Crippen LogP contribution >= 0.6 is 0 Å². The second-order valence-electron chi connectivity index (χ2n) is 5.35. The average Bonchev–Trinajstić information content (AvgIpc) is 2.35. The fourth-order valence-electron chi connectivity index (χ4n) is 1.63. The maximum absolute atomic E-state index is 12.0. The van der Waals surface area contributed by atoms with Crippen LogP contribution in [0.15, 0.2) is 18.2 Å². The Labute approximate surface area is 119 Å². The molecule has 3 N–H and O–H groups in total. The van der Waals surface area contributed by atoms with Gasteiger partial charge in [-0.3, -0.25) is 9.59 Å². The summed E-state index contributed by atoms with van der Waals surface area (Å²) in [6, 6.07) is 4.14. The van der Waals surface area contributed by atoms with E-state index < -0.39 is 11.9 Å². The summed E-state index contributed by atoms with van der Waals surface area (Å²) in [5, 5.41) is 15.0. The number of benzene rings is 1. The highest BCUT2D eigenvalue weighted by atomic mass is 16.3. The number of carbonyl (C=O) groups excluding carboxylic acids is 2. The van der Waals surface area contributed by atoms with Gasteiger partial charge < -0.3 is 15.7 Å². The molecule has 110 valence electrons. The minimum Gasteiger partial charge on any atom is -0.507 e. The van der Waals surface area contributed by atoms with Gasteiger partial charge in [0.1, 0.15) is 11.8 Å². The van der Waals surface area contributed by atoms with Gasteiger partial charge in [0, 0.05) is 6.54 Å². The first-order valence-corrected chi connectivity index (χ1v) is 6.69. The van der Waals surface area contributed by atoms with Gasteiger partial charge in [-0.05, 0) is 37.5 Å². The molecule has 0 aliphatic heterocycles. The summed E-state index contributed by atoms with van der Waals surface area (Å²) in [6.45, 7) is 7.98. The number of aromatic hydroxyl groups is 1. The fourth-order valence-corrected chi connectivity index (χ4v) is 1.63. The zero-order valence-electron chi connectivity index (χ0n) is 12.4. The van der Waals surface area contributed by atoms with Gasteiger partial charge in [-0.15, -0.1) is 0 Å². The van der Waals surface area contributed by atoms with Gasteiger partial charge in [0.05, 0.1) is 5.56 Å². The van der Waals surface area contributed by atoms with Crippen molar-refractivity contribution in [3.05, 3.63) is 29.3 Å². The van der Waals surface area contributed by atoms with Gasteiger partial charge in [0.25, 0.3) is 5.91 Å². The summed E-state index contributed by atoms with van der Waals surface area (Å²) >= 11 is 0. The first kappa shape index (κ1) is 16.0. The van der Waals surface area contributed by atoms with Crippen LogP contribution in [0.5, 0.6) is 5.75 Å². The standard InChI is InChI=1S/C15H22N2O3/c1-9(2)8-16-14(19)11(4)17-15(20)12-6-5-10(3)7-13(12)18/h5-7,9,11,18H,8H2,1-4H3,(H,16,19)(H,17,20). The molecule has 1 rings (SSSR count). The number of phenols is 1. The number of aryl methyl sites for hydroxylation is 1. The van der Waals surface area contributed by atoms with E-state index in [-0.39, 0.29) is 17.2 Å². The molecule has 0 saturated carbocycles. The summed E-state index contributed by atoms with van der Waals surface area (Å²) in [4.78, 5) is 23.7. The van der Waals surface area contributed by atoms with Crippen LogP contribution in [0.4, 0.5) is 0 Å². The molecule has 0 radical (unpaired) electrons. The normalized spacial score (nSPS) is 12.1. The van der Waals surface area contributed by atoms with E-state index in [9.17, 15) is 14.7 Å². The van der Waals surface area contributed by atoms with Crippen LogP contribution in [0.3, 0.4) is 0 Å². The Hall–Kier alpha value is -2.04. The Morgan fingerprint density at radius 3 is 2.45 bits per heavy atom. The van der Waals surface area contributed by atoms with Crippen LogP contribution in [0.2, 0.25) is 0 Å². The minimum absolute atomic E-state index is 0.0858. The molecule has 1 aromatic rings. The molecule has 1 atom stereocenters. The van der Waals surface area contributed by atoms with E-state index in [2.05, 4.69) is 10.6 Å². The monoisotopic (exact) mass is 278 g/mol. The Balaban J connectivity index is 2.63. The fraction of sp³-hybridized carbons (Fsp3) is 0.467. The van der Waals surface area contributed by atoms with Gasteiger partial charge in [0.2, 0.25) is 5.91 Å². The Kier molecular flexibility index (Phi) is 5.55. The molecule has 0 aliphatic carbocycles. The first-order chi connectivity index (χ1) is 9.31. The van der Waals surface area contributed by atoms with E-state index in [4.69, 9.17) is 0 Å². The van der Waals surface area contributed by atoms with Crippen LogP contribution in [-0.2, 0) is 4.79 Å². The van der Waals surface area contributed by atoms with Gasteiger partial charge in [-0.2, -0.15) is 0 Å². The molecular weight excluding hydrogens is 256 g/mol. The highest BCUT2D eigenvalue weighted by Crippen LogP contribution is 2.18. The van der Waals surface area contributed by atoms with E-state index in [1.807, 2.05) is 20.8 Å². The first-order valence-electron chi connectivity index (χ1n) is 6.69. The van der Waals surface area contributed by atoms with Crippen molar-refractivity contribution < 1.29 is 14.7 Å². The highest BCUT2D eigenvalue weighted by molar-refractivity contribution is 5.99. The number of hydrogen-bond donors (Lipinski definition) is 3. The molecular formula is C15H22N2O3. The third kappa shape index (κ3) is 4.57. The van der Waals surface area contributed by atoms with Gasteiger partial charge in [-0.1, -0.05) is 19.9 Å². The molecule has 20 heavy (non-hydrogen) atoms. The lowest BCUT2D eigenvalue weighted by molar-refractivity contribution is -0.122. The van der Waals surface area contributed by atoms with Crippen LogP contribution in [0.1, 0.15) is 36.7 Å². The minimum atomic E-state index is -0.651. The molecule has 0 spiro atoms. The molecule has 0 aliphatic rings. The summed E-state index contributed by atoms with van der Waals surface area (Å²) in [7, 11) is 0. The van der Waals surface area contributed by atoms with Crippen molar-refractivity contribution in [3.8, 4) is 5.75 Å². The van der Waals surface area contributed by atoms with Gasteiger partial charge in [0.15, 0.2) is 0 Å². The highest BCUT2D eigenvalue weighted by Gasteiger charge is 2.18. The maximum Gasteiger partial charge on any atom is 0.255 e. The lowest BCUT2D eigenvalue weighted by Crippen LogP contribution is -2.45. The SMILES string of the molecule is Cc1ccc(C(=O)NC(C)C(=O)NCC(C)C)c(O)c1. The number of rotatable bonds is 5. The number of nitrogens with one attached hydrogen (secondary N) is 2. The molecule has 5 heteroatoms. The largest absolute Gasteiger partial charge is 0.507 e. The van der Waals surface area contributed by atoms with Crippen molar-refractivity contribution in [2.75, 3.05) is 6.54 Å². The lowest BCUT2D eigenvalue weighted by Gasteiger charge is -2.15. The molecule has 1 aromatic carbocycles. The van der Waals surface area contributed by atoms with E-state index in [1.165, 1.54) is 6.07 Å². The molecule has 2 amide bonds. The Bertz CT molecular complexity index is 498. The van der Waals surface area contributed by atoms with Crippen molar-refractivity contribution in [3.63, 3.8) is 0 Å². The van der Waals surface area contributed by atoms with E-state index >= 15 is 0 Å². The van der Waals surface area contributed by atoms with Gasteiger partial charge >= 0.3 is 0 Å². The topological polar surface area (TPSA) is 78.4 Å². The van der Waals surface area contributed by atoms with Crippen molar-refractivity contribution >= 4 is 11.8 Å². The lowest BCUT2D eigenvalue weighted by atomic mass is 10.1. The maximum atomic E-state index is 12.0.